The first-order chi connectivity index (χ1) is 12.6. The van der Waals surface area contributed by atoms with Gasteiger partial charge in [0.05, 0.1) is 0 Å². The van der Waals surface area contributed by atoms with Crippen LogP contribution in [-0.4, -0.2) is 23.2 Å². The van der Waals surface area contributed by atoms with Crippen molar-refractivity contribution in [1.29, 1.82) is 0 Å². The number of aryl methyl sites for hydroxylation is 1. The maximum atomic E-state index is 13.2. The maximum absolute atomic E-state index is 13.2. The standard InChI is InChI=1S/C24H32FN/c1-4-22(26(18(2)3)17-20-8-6-5-7-9-20)15-12-19-10-13-21(14-11-19)23-16-24(23)25/h5-11,13-14,18,22-24H,4,12,15-17H2,1-3H3. The first kappa shape index (κ1) is 19.1. The molecule has 2 aromatic rings. The van der Waals surface area contributed by atoms with Gasteiger partial charge in [-0.25, -0.2) is 4.39 Å². The van der Waals surface area contributed by atoms with Crippen LogP contribution in [0.5, 0.6) is 0 Å². The van der Waals surface area contributed by atoms with E-state index in [0.29, 0.717) is 18.5 Å². The van der Waals surface area contributed by atoms with Gasteiger partial charge in [0.15, 0.2) is 0 Å². The minimum atomic E-state index is -0.608. The highest BCUT2D eigenvalue weighted by Gasteiger charge is 2.38. The van der Waals surface area contributed by atoms with Crippen LogP contribution >= 0.6 is 0 Å². The lowest BCUT2D eigenvalue weighted by atomic mass is 9.99. The summed E-state index contributed by atoms with van der Waals surface area (Å²) in [5.74, 6) is 0.162. The average Bonchev–Trinajstić information content (AvgIpc) is 3.39. The maximum Gasteiger partial charge on any atom is 0.108 e. The van der Waals surface area contributed by atoms with Crippen LogP contribution in [-0.2, 0) is 13.0 Å². The molecule has 0 N–H and O–H groups in total. The second-order valence-corrected chi connectivity index (χ2v) is 7.95. The first-order valence-electron chi connectivity index (χ1n) is 10.1. The molecular weight excluding hydrogens is 321 g/mol. The van der Waals surface area contributed by atoms with Gasteiger partial charge in [-0.3, -0.25) is 4.90 Å². The van der Waals surface area contributed by atoms with Crippen molar-refractivity contribution in [2.45, 2.75) is 77.2 Å². The van der Waals surface area contributed by atoms with E-state index >= 15 is 0 Å². The molecule has 0 aromatic heterocycles. The topological polar surface area (TPSA) is 3.24 Å². The summed E-state index contributed by atoms with van der Waals surface area (Å²) in [5.41, 5.74) is 3.92. The van der Waals surface area contributed by atoms with Crippen molar-refractivity contribution in [3.63, 3.8) is 0 Å². The molecule has 3 rings (SSSR count). The Balaban J connectivity index is 1.59. The summed E-state index contributed by atoms with van der Waals surface area (Å²) >= 11 is 0. The van der Waals surface area contributed by atoms with E-state index in [9.17, 15) is 4.39 Å². The molecule has 3 atom stereocenters. The van der Waals surface area contributed by atoms with Gasteiger partial charge in [0.2, 0.25) is 0 Å². The van der Waals surface area contributed by atoms with Gasteiger partial charge < -0.3 is 0 Å². The Kier molecular flexibility index (Phi) is 6.48. The normalized spacial score (nSPS) is 20.5. The third-order valence-electron chi connectivity index (χ3n) is 5.70. The van der Waals surface area contributed by atoms with Crippen LogP contribution in [0.2, 0.25) is 0 Å². The Hall–Kier alpha value is -1.67. The number of nitrogens with zero attached hydrogens (tertiary/aromatic N) is 1. The molecule has 26 heavy (non-hydrogen) atoms. The Morgan fingerprint density at radius 1 is 1.00 bits per heavy atom. The van der Waals surface area contributed by atoms with Gasteiger partial charge in [0, 0.05) is 24.5 Å². The molecule has 1 fully saturated rings. The van der Waals surface area contributed by atoms with Crippen molar-refractivity contribution >= 4 is 0 Å². The number of alkyl halides is 1. The summed E-state index contributed by atoms with van der Waals surface area (Å²) in [6.45, 7) is 7.89. The fourth-order valence-electron chi connectivity index (χ4n) is 3.91. The fourth-order valence-corrected chi connectivity index (χ4v) is 3.91. The lowest BCUT2D eigenvalue weighted by molar-refractivity contribution is 0.132. The predicted molar refractivity (Wildman–Crippen MR) is 108 cm³/mol. The average molecular weight is 354 g/mol. The van der Waals surface area contributed by atoms with Gasteiger partial charge in [-0.15, -0.1) is 0 Å². The zero-order chi connectivity index (χ0) is 18.5. The Morgan fingerprint density at radius 2 is 1.65 bits per heavy atom. The van der Waals surface area contributed by atoms with E-state index in [2.05, 4.69) is 80.3 Å². The molecule has 1 aliphatic rings. The molecule has 2 heteroatoms. The smallest absolute Gasteiger partial charge is 0.108 e. The summed E-state index contributed by atoms with van der Waals surface area (Å²) < 4.78 is 13.2. The summed E-state index contributed by atoms with van der Waals surface area (Å²) in [6.07, 6.45) is 3.51. The van der Waals surface area contributed by atoms with E-state index in [1.807, 2.05) is 0 Å². The second-order valence-electron chi connectivity index (χ2n) is 7.95. The fraction of sp³-hybridized carbons (Fsp3) is 0.500. The van der Waals surface area contributed by atoms with E-state index in [0.717, 1.165) is 25.8 Å². The zero-order valence-electron chi connectivity index (χ0n) is 16.4. The third-order valence-corrected chi connectivity index (χ3v) is 5.70. The Labute approximate surface area is 158 Å². The van der Waals surface area contributed by atoms with Crippen molar-refractivity contribution in [2.75, 3.05) is 0 Å². The molecule has 0 amide bonds. The van der Waals surface area contributed by atoms with Gasteiger partial charge in [-0.1, -0.05) is 61.5 Å². The largest absolute Gasteiger partial charge is 0.294 e. The summed E-state index contributed by atoms with van der Waals surface area (Å²) in [7, 11) is 0. The molecule has 0 saturated heterocycles. The number of benzene rings is 2. The van der Waals surface area contributed by atoms with Crippen LogP contribution < -0.4 is 0 Å². The molecule has 0 bridgehead atoms. The molecule has 0 heterocycles. The van der Waals surface area contributed by atoms with Gasteiger partial charge >= 0.3 is 0 Å². The van der Waals surface area contributed by atoms with Gasteiger partial charge in [-0.2, -0.15) is 0 Å². The lowest BCUT2D eigenvalue weighted by Crippen LogP contribution is -2.39. The first-order valence-corrected chi connectivity index (χ1v) is 10.1. The summed E-state index contributed by atoms with van der Waals surface area (Å²) in [5, 5.41) is 0. The minimum Gasteiger partial charge on any atom is -0.294 e. The van der Waals surface area contributed by atoms with E-state index in [4.69, 9.17) is 0 Å². The molecule has 1 aliphatic carbocycles. The molecule has 0 radical (unpaired) electrons. The van der Waals surface area contributed by atoms with Crippen LogP contribution in [0.25, 0.3) is 0 Å². The zero-order valence-corrected chi connectivity index (χ0v) is 16.4. The van der Waals surface area contributed by atoms with E-state index in [1.54, 1.807) is 0 Å². The van der Waals surface area contributed by atoms with Gasteiger partial charge in [0.25, 0.3) is 0 Å². The highest BCUT2D eigenvalue weighted by atomic mass is 19.1. The van der Waals surface area contributed by atoms with E-state index < -0.39 is 6.17 Å². The van der Waals surface area contributed by atoms with Crippen molar-refractivity contribution in [3.05, 3.63) is 71.3 Å². The summed E-state index contributed by atoms with van der Waals surface area (Å²) in [4.78, 5) is 2.63. The molecule has 3 unspecified atom stereocenters. The van der Waals surface area contributed by atoms with Gasteiger partial charge in [-0.05, 0) is 56.2 Å². The number of hydrogen-bond acceptors (Lipinski definition) is 1. The van der Waals surface area contributed by atoms with Crippen LogP contribution in [0.1, 0.15) is 62.6 Å². The SMILES string of the molecule is CCC(CCc1ccc(C2CC2F)cc1)N(Cc1ccccc1)C(C)C. The highest BCUT2D eigenvalue weighted by Crippen LogP contribution is 2.43. The second kappa shape index (κ2) is 8.81. The molecule has 0 aliphatic heterocycles. The number of halogens is 1. The van der Waals surface area contributed by atoms with Gasteiger partial charge in [0.1, 0.15) is 6.17 Å². The number of hydrogen-bond donors (Lipinski definition) is 0. The molecule has 0 spiro atoms. The van der Waals surface area contributed by atoms with E-state index in [1.165, 1.54) is 16.7 Å². The number of rotatable bonds is 9. The predicted octanol–water partition coefficient (Wildman–Crippen LogP) is 6.13. The highest BCUT2D eigenvalue weighted by molar-refractivity contribution is 5.30. The summed E-state index contributed by atoms with van der Waals surface area (Å²) in [6, 6.07) is 20.5. The molecule has 2 aromatic carbocycles. The van der Waals surface area contributed by atoms with Crippen LogP contribution in [0.4, 0.5) is 4.39 Å². The van der Waals surface area contributed by atoms with Crippen LogP contribution in [0.15, 0.2) is 54.6 Å². The monoisotopic (exact) mass is 353 g/mol. The van der Waals surface area contributed by atoms with Crippen molar-refractivity contribution in [1.82, 2.24) is 4.90 Å². The van der Waals surface area contributed by atoms with Crippen LogP contribution in [0, 0.1) is 0 Å². The van der Waals surface area contributed by atoms with E-state index in [-0.39, 0.29) is 5.92 Å². The Morgan fingerprint density at radius 3 is 2.19 bits per heavy atom. The Bertz CT molecular complexity index is 664. The molecule has 1 saturated carbocycles. The minimum absolute atomic E-state index is 0.162. The van der Waals surface area contributed by atoms with Crippen molar-refractivity contribution in [2.24, 2.45) is 0 Å². The molecule has 1 nitrogen and oxygen atoms in total. The van der Waals surface area contributed by atoms with Crippen molar-refractivity contribution < 1.29 is 4.39 Å². The molecular formula is C24H32FN. The quantitative estimate of drug-likeness (QED) is 0.524. The third kappa shape index (κ3) is 4.94. The molecule has 140 valence electrons. The van der Waals surface area contributed by atoms with Crippen LogP contribution in [0.3, 0.4) is 0 Å². The van der Waals surface area contributed by atoms with Crippen molar-refractivity contribution in [3.8, 4) is 0 Å². The lowest BCUT2D eigenvalue weighted by Gasteiger charge is -2.35.